The predicted octanol–water partition coefficient (Wildman–Crippen LogP) is 3.95. The number of benzene rings is 1. The Balaban J connectivity index is 2.51. The Labute approximate surface area is 125 Å². The van der Waals surface area contributed by atoms with E-state index in [9.17, 15) is 5.26 Å². The quantitative estimate of drug-likeness (QED) is 0.906. The van der Waals surface area contributed by atoms with Gasteiger partial charge in [-0.3, -0.25) is 0 Å². The number of halogens is 1. The molecule has 2 aromatic rings. The van der Waals surface area contributed by atoms with Crippen LogP contribution in [0.15, 0.2) is 28.7 Å². The van der Waals surface area contributed by atoms with Crippen molar-refractivity contribution in [3.8, 4) is 12.1 Å². The second-order valence-corrected chi connectivity index (χ2v) is 5.26. The first kappa shape index (κ1) is 14.0. The molecule has 0 saturated heterocycles. The Bertz CT molecular complexity index is 754. The lowest BCUT2D eigenvalue weighted by Gasteiger charge is -2.11. The summed E-state index contributed by atoms with van der Waals surface area (Å²) in [5, 5.41) is 21.5. The number of nitriles is 2. The molecule has 1 N–H and O–H groups in total. The van der Waals surface area contributed by atoms with Crippen LogP contribution < -0.4 is 5.32 Å². The Morgan fingerprint density at radius 1 is 1.15 bits per heavy atom. The molecule has 0 saturated carbocycles. The number of nitrogens with one attached hydrogen (secondary N) is 1. The van der Waals surface area contributed by atoms with Crippen LogP contribution in [0.3, 0.4) is 0 Å². The molecule has 0 amide bonds. The number of aromatic nitrogens is 1. The summed E-state index contributed by atoms with van der Waals surface area (Å²) >= 11 is 3.33. The van der Waals surface area contributed by atoms with Crippen molar-refractivity contribution >= 4 is 27.4 Å². The second kappa shape index (κ2) is 5.73. The summed E-state index contributed by atoms with van der Waals surface area (Å²) in [6.07, 6.45) is 0. The third-order valence-electron chi connectivity index (χ3n) is 2.81. The molecule has 1 aromatic carbocycles. The van der Waals surface area contributed by atoms with E-state index >= 15 is 0 Å². The zero-order valence-corrected chi connectivity index (χ0v) is 12.6. The van der Waals surface area contributed by atoms with Gasteiger partial charge in [0.25, 0.3) is 0 Å². The summed E-state index contributed by atoms with van der Waals surface area (Å²) in [5.41, 5.74) is 3.29. The van der Waals surface area contributed by atoms with Crippen LogP contribution in [0.4, 0.5) is 11.5 Å². The highest BCUT2D eigenvalue weighted by Crippen LogP contribution is 2.26. The SMILES string of the molecule is Cc1cc(C)c(C#N)c(Nc2ccc(Br)cc2C#N)n1. The number of hydrogen-bond donors (Lipinski definition) is 1. The van der Waals surface area contributed by atoms with Crippen LogP contribution in [0.2, 0.25) is 0 Å². The van der Waals surface area contributed by atoms with Crippen molar-refractivity contribution in [2.24, 2.45) is 0 Å². The first-order valence-electron chi connectivity index (χ1n) is 5.90. The first-order chi connectivity index (χ1) is 9.55. The Hall–Kier alpha value is -2.37. The Morgan fingerprint density at radius 3 is 2.55 bits per heavy atom. The number of nitrogens with zero attached hydrogens (tertiary/aromatic N) is 3. The Kier molecular flexibility index (Phi) is 4.02. The molecule has 0 bridgehead atoms. The molecule has 0 unspecified atom stereocenters. The van der Waals surface area contributed by atoms with Gasteiger partial charge in [0.2, 0.25) is 0 Å². The molecule has 0 atom stereocenters. The predicted molar refractivity (Wildman–Crippen MR) is 80.6 cm³/mol. The smallest absolute Gasteiger partial charge is 0.148 e. The first-order valence-corrected chi connectivity index (χ1v) is 6.69. The van der Waals surface area contributed by atoms with Crippen molar-refractivity contribution in [2.75, 3.05) is 5.32 Å². The van der Waals surface area contributed by atoms with E-state index in [1.54, 1.807) is 12.1 Å². The zero-order valence-electron chi connectivity index (χ0n) is 11.0. The van der Waals surface area contributed by atoms with Crippen LogP contribution in [0.25, 0.3) is 0 Å². The van der Waals surface area contributed by atoms with Gasteiger partial charge in [-0.1, -0.05) is 15.9 Å². The van der Waals surface area contributed by atoms with Crippen LogP contribution in [0.1, 0.15) is 22.4 Å². The van der Waals surface area contributed by atoms with Gasteiger partial charge in [0.15, 0.2) is 0 Å². The third-order valence-corrected chi connectivity index (χ3v) is 3.30. The Morgan fingerprint density at radius 2 is 1.90 bits per heavy atom. The van der Waals surface area contributed by atoms with E-state index < -0.39 is 0 Å². The number of pyridine rings is 1. The summed E-state index contributed by atoms with van der Waals surface area (Å²) in [7, 11) is 0. The van der Waals surface area contributed by atoms with Gasteiger partial charge < -0.3 is 5.32 Å². The summed E-state index contributed by atoms with van der Waals surface area (Å²) in [4.78, 5) is 4.34. The molecule has 20 heavy (non-hydrogen) atoms. The average molecular weight is 327 g/mol. The minimum Gasteiger partial charge on any atom is -0.338 e. The molecule has 1 aromatic heterocycles. The lowest BCUT2D eigenvalue weighted by molar-refractivity contribution is 1.16. The van der Waals surface area contributed by atoms with Crippen LogP contribution in [0, 0.1) is 36.5 Å². The molecule has 0 aliphatic heterocycles. The minimum atomic E-state index is 0.476. The third kappa shape index (κ3) is 2.79. The standard InChI is InChI=1S/C15H11BrN4/c1-9-5-10(2)19-15(13(9)8-18)20-14-4-3-12(16)6-11(14)7-17/h3-6H,1-2H3,(H,19,20). The van der Waals surface area contributed by atoms with Crippen LogP contribution >= 0.6 is 15.9 Å². The maximum Gasteiger partial charge on any atom is 0.148 e. The number of hydrogen-bond acceptors (Lipinski definition) is 4. The van der Waals surface area contributed by atoms with Crippen molar-refractivity contribution in [2.45, 2.75) is 13.8 Å². The maximum atomic E-state index is 9.24. The molecular weight excluding hydrogens is 316 g/mol. The average Bonchev–Trinajstić information content (AvgIpc) is 2.40. The molecule has 2 rings (SSSR count). The molecule has 1 heterocycles. The van der Waals surface area contributed by atoms with Gasteiger partial charge in [-0.15, -0.1) is 0 Å². The van der Waals surface area contributed by atoms with Crippen molar-refractivity contribution in [3.05, 3.63) is 51.1 Å². The molecular formula is C15H11BrN4. The minimum absolute atomic E-state index is 0.476. The number of rotatable bonds is 2. The van der Waals surface area contributed by atoms with E-state index in [0.717, 1.165) is 15.7 Å². The van der Waals surface area contributed by atoms with Gasteiger partial charge in [0.1, 0.15) is 18.0 Å². The molecule has 0 fully saturated rings. The van der Waals surface area contributed by atoms with Crippen LogP contribution in [0.5, 0.6) is 0 Å². The summed E-state index contributed by atoms with van der Waals surface area (Å²) in [6, 6.07) is 11.5. The van der Waals surface area contributed by atoms with E-state index in [2.05, 4.69) is 38.4 Å². The van der Waals surface area contributed by atoms with Gasteiger partial charge in [-0.25, -0.2) is 4.98 Å². The van der Waals surface area contributed by atoms with Gasteiger partial charge in [-0.2, -0.15) is 10.5 Å². The summed E-state index contributed by atoms with van der Waals surface area (Å²) in [5.74, 6) is 0.476. The molecule has 98 valence electrons. The molecule has 5 heteroatoms. The molecule has 0 aliphatic carbocycles. The van der Waals surface area contributed by atoms with Crippen molar-refractivity contribution in [1.29, 1.82) is 10.5 Å². The monoisotopic (exact) mass is 326 g/mol. The summed E-state index contributed by atoms with van der Waals surface area (Å²) in [6.45, 7) is 3.73. The fraction of sp³-hybridized carbons (Fsp3) is 0.133. The van der Waals surface area contributed by atoms with Gasteiger partial charge >= 0.3 is 0 Å². The van der Waals surface area contributed by atoms with Gasteiger partial charge in [-0.05, 0) is 43.7 Å². The maximum absolute atomic E-state index is 9.24. The molecule has 0 aliphatic rings. The van der Waals surface area contributed by atoms with Gasteiger partial charge in [0, 0.05) is 10.2 Å². The summed E-state index contributed by atoms with van der Waals surface area (Å²) < 4.78 is 0.827. The normalized spacial score (nSPS) is 9.65. The van der Waals surface area contributed by atoms with Gasteiger partial charge in [0.05, 0.1) is 16.8 Å². The van der Waals surface area contributed by atoms with E-state index in [1.807, 2.05) is 26.0 Å². The highest BCUT2D eigenvalue weighted by atomic mass is 79.9. The van der Waals surface area contributed by atoms with Crippen molar-refractivity contribution < 1.29 is 0 Å². The molecule has 0 radical (unpaired) electrons. The number of anilines is 2. The van der Waals surface area contributed by atoms with Crippen LogP contribution in [-0.4, -0.2) is 4.98 Å². The van der Waals surface area contributed by atoms with E-state index in [-0.39, 0.29) is 0 Å². The van der Waals surface area contributed by atoms with Crippen molar-refractivity contribution in [1.82, 2.24) is 4.98 Å². The van der Waals surface area contributed by atoms with E-state index in [0.29, 0.717) is 22.6 Å². The molecule has 4 nitrogen and oxygen atoms in total. The number of aryl methyl sites for hydroxylation is 2. The largest absolute Gasteiger partial charge is 0.338 e. The fourth-order valence-corrected chi connectivity index (χ4v) is 2.27. The second-order valence-electron chi connectivity index (χ2n) is 4.34. The molecule has 0 spiro atoms. The topological polar surface area (TPSA) is 72.5 Å². The lowest BCUT2D eigenvalue weighted by Crippen LogP contribution is -2.02. The lowest BCUT2D eigenvalue weighted by atomic mass is 10.1. The fourth-order valence-electron chi connectivity index (χ4n) is 1.91. The van der Waals surface area contributed by atoms with Crippen LogP contribution in [-0.2, 0) is 0 Å². The van der Waals surface area contributed by atoms with E-state index in [4.69, 9.17) is 5.26 Å². The highest BCUT2D eigenvalue weighted by molar-refractivity contribution is 9.10. The van der Waals surface area contributed by atoms with E-state index in [1.165, 1.54) is 0 Å². The van der Waals surface area contributed by atoms with Crippen molar-refractivity contribution in [3.63, 3.8) is 0 Å². The highest BCUT2D eigenvalue weighted by Gasteiger charge is 2.11. The zero-order chi connectivity index (χ0) is 14.7.